The van der Waals surface area contributed by atoms with Crippen LogP contribution in [0.3, 0.4) is 0 Å². The molecule has 0 fully saturated rings. The van der Waals surface area contributed by atoms with Gasteiger partial charge in [-0.1, -0.05) is 54.6 Å². The van der Waals surface area contributed by atoms with Gasteiger partial charge in [0.05, 0.1) is 5.56 Å². The van der Waals surface area contributed by atoms with E-state index in [2.05, 4.69) is 0 Å². The number of benzene rings is 2. The molecule has 0 unspecified atom stereocenters. The molecule has 0 saturated carbocycles. The summed E-state index contributed by atoms with van der Waals surface area (Å²) < 4.78 is 1.74. The second-order valence-electron chi connectivity index (χ2n) is 5.69. The highest BCUT2D eigenvalue weighted by molar-refractivity contribution is 5.95. The number of hydrogen-bond acceptors (Lipinski definition) is 2. The standard InChI is InChI=1S/C21H18NO2/c1-16(23)20-8-5-13-22(14-20)15-21(24)19-11-9-18(10-12-19)17-6-3-2-4-7-17/h2-14H,15H2,1H3/q+1. The average Bonchev–Trinajstić information content (AvgIpc) is 2.63. The van der Waals surface area contributed by atoms with Crippen LogP contribution in [0.25, 0.3) is 11.1 Å². The number of carbonyl (C=O) groups excluding carboxylic acids is 2. The van der Waals surface area contributed by atoms with Crippen molar-refractivity contribution in [2.75, 3.05) is 0 Å². The normalized spacial score (nSPS) is 10.4. The van der Waals surface area contributed by atoms with E-state index in [4.69, 9.17) is 0 Å². The summed E-state index contributed by atoms with van der Waals surface area (Å²) in [7, 11) is 0. The van der Waals surface area contributed by atoms with Gasteiger partial charge in [0.2, 0.25) is 12.3 Å². The highest BCUT2D eigenvalue weighted by Gasteiger charge is 2.13. The first-order chi connectivity index (χ1) is 11.6. The number of carbonyl (C=O) groups is 2. The molecule has 0 aliphatic rings. The summed E-state index contributed by atoms with van der Waals surface area (Å²) in [4.78, 5) is 23.9. The third kappa shape index (κ3) is 3.63. The fourth-order valence-corrected chi connectivity index (χ4v) is 2.56. The van der Waals surface area contributed by atoms with Crippen LogP contribution >= 0.6 is 0 Å². The average molecular weight is 316 g/mol. The molecule has 0 aliphatic carbocycles. The quantitative estimate of drug-likeness (QED) is 0.531. The van der Waals surface area contributed by atoms with E-state index < -0.39 is 0 Å². The van der Waals surface area contributed by atoms with Crippen LogP contribution in [0.15, 0.2) is 79.1 Å². The van der Waals surface area contributed by atoms with Crippen molar-refractivity contribution in [2.45, 2.75) is 13.5 Å². The molecule has 1 aromatic heterocycles. The number of rotatable bonds is 5. The van der Waals surface area contributed by atoms with E-state index >= 15 is 0 Å². The summed E-state index contributed by atoms with van der Waals surface area (Å²) >= 11 is 0. The number of Topliss-reactive ketones (excluding diaryl/α,β-unsaturated/α-hetero) is 2. The Kier molecular flexibility index (Phi) is 4.62. The zero-order valence-electron chi connectivity index (χ0n) is 13.5. The van der Waals surface area contributed by atoms with Crippen molar-refractivity contribution in [3.63, 3.8) is 0 Å². The minimum absolute atomic E-state index is 0.0102. The molecule has 24 heavy (non-hydrogen) atoms. The van der Waals surface area contributed by atoms with Crippen LogP contribution < -0.4 is 4.57 Å². The number of ketones is 2. The van der Waals surface area contributed by atoms with Gasteiger partial charge >= 0.3 is 0 Å². The maximum atomic E-state index is 12.4. The van der Waals surface area contributed by atoms with Crippen LogP contribution in [0, 0.1) is 0 Å². The Bertz CT molecular complexity index is 868. The summed E-state index contributed by atoms with van der Waals surface area (Å²) in [6, 6.07) is 21.2. The molecule has 1 heterocycles. The molecule has 3 heteroatoms. The number of aromatic nitrogens is 1. The van der Waals surface area contributed by atoms with Crippen LogP contribution in [0.1, 0.15) is 27.6 Å². The molecule has 2 aromatic carbocycles. The Hall–Kier alpha value is -3.07. The third-order valence-corrected chi connectivity index (χ3v) is 3.90. The molecule has 3 rings (SSSR count). The molecule has 0 amide bonds. The fraction of sp³-hybridized carbons (Fsp3) is 0.0952. The van der Waals surface area contributed by atoms with E-state index in [0.29, 0.717) is 11.1 Å². The molecule has 0 atom stereocenters. The molecule has 0 N–H and O–H groups in total. The zero-order chi connectivity index (χ0) is 16.9. The van der Waals surface area contributed by atoms with Crippen LogP contribution in [0.5, 0.6) is 0 Å². The maximum absolute atomic E-state index is 12.4. The van der Waals surface area contributed by atoms with Gasteiger partial charge < -0.3 is 0 Å². The van der Waals surface area contributed by atoms with E-state index in [9.17, 15) is 9.59 Å². The van der Waals surface area contributed by atoms with Gasteiger partial charge in [0.1, 0.15) is 0 Å². The molecule has 0 radical (unpaired) electrons. The lowest BCUT2D eigenvalue weighted by molar-refractivity contribution is -0.683. The first kappa shape index (κ1) is 15.8. The summed E-state index contributed by atoms with van der Waals surface area (Å²) in [6.45, 7) is 1.73. The van der Waals surface area contributed by atoms with Crippen molar-refractivity contribution in [1.82, 2.24) is 0 Å². The molecule has 0 spiro atoms. The van der Waals surface area contributed by atoms with Crippen molar-refractivity contribution < 1.29 is 14.2 Å². The van der Waals surface area contributed by atoms with Crippen LogP contribution in [0.4, 0.5) is 0 Å². The van der Waals surface area contributed by atoms with E-state index in [1.165, 1.54) is 6.92 Å². The van der Waals surface area contributed by atoms with Gasteiger partial charge in [-0.15, -0.1) is 0 Å². The molecule has 0 aliphatic heterocycles. The Morgan fingerprint density at radius 3 is 2.12 bits per heavy atom. The minimum atomic E-state index is -0.0102. The third-order valence-electron chi connectivity index (χ3n) is 3.90. The van der Waals surface area contributed by atoms with Crippen molar-refractivity contribution >= 4 is 11.6 Å². The van der Waals surface area contributed by atoms with Crippen LogP contribution in [-0.2, 0) is 6.54 Å². The van der Waals surface area contributed by atoms with Gasteiger partial charge in [-0.2, -0.15) is 4.57 Å². The fourth-order valence-electron chi connectivity index (χ4n) is 2.56. The lowest BCUT2D eigenvalue weighted by Crippen LogP contribution is -2.37. The Morgan fingerprint density at radius 2 is 1.46 bits per heavy atom. The monoisotopic (exact) mass is 316 g/mol. The van der Waals surface area contributed by atoms with Crippen molar-refractivity contribution in [3.05, 3.63) is 90.3 Å². The van der Waals surface area contributed by atoms with Gasteiger partial charge in [0.25, 0.3) is 0 Å². The van der Waals surface area contributed by atoms with Crippen molar-refractivity contribution in [1.29, 1.82) is 0 Å². The molecule has 0 bridgehead atoms. The highest BCUT2D eigenvalue weighted by Crippen LogP contribution is 2.19. The molecule has 3 nitrogen and oxygen atoms in total. The molecular weight excluding hydrogens is 298 g/mol. The Balaban J connectivity index is 1.76. The lowest BCUT2D eigenvalue weighted by Gasteiger charge is -2.03. The van der Waals surface area contributed by atoms with E-state index in [-0.39, 0.29) is 18.1 Å². The SMILES string of the molecule is CC(=O)c1ccc[n+](CC(=O)c2ccc(-c3ccccc3)cc2)c1. The van der Waals surface area contributed by atoms with Gasteiger partial charge in [-0.25, -0.2) is 0 Å². The van der Waals surface area contributed by atoms with Crippen LogP contribution in [0.2, 0.25) is 0 Å². The summed E-state index contributed by atoms with van der Waals surface area (Å²) in [5.41, 5.74) is 3.47. The van der Waals surface area contributed by atoms with E-state index in [0.717, 1.165) is 11.1 Å². The van der Waals surface area contributed by atoms with E-state index in [1.54, 1.807) is 29.1 Å². The second kappa shape index (κ2) is 7.01. The lowest BCUT2D eigenvalue weighted by atomic mass is 10.0. The predicted molar refractivity (Wildman–Crippen MR) is 92.9 cm³/mol. The Morgan fingerprint density at radius 1 is 0.792 bits per heavy atom. The van der Waals surface area contributed by atoms with Crippen molar-refractivity contribution in [3.8, 4) is 11.1 Å². The molecule has 118 valence electrons. The smallest absolute Gasteiger partial charge is 0.227 e. The molecule has 3 aromatic rings. The molecule has 0 saturated heterocycles. The second-order valence-corrected chi connectivity index (χ2v) is 5.69. The summed E-state index contributed by atoms with van der Waals surface area (Å²) in [5.74, 6) is 0.00401. The maximum Gasteiger partial charge on any atom is 0.227 e. The summed E-state index contributed by atoms with van der Waals surface area (Å²) in [6.07, 6.45) is 3.50. The minimum Gasteiger partial charge on any atom is -0.294 e. The van der Waals surface area contributed by atoms with Crippen LogP contribution in [-0.4, -0.2) is 11.6 Å². The molecular formula is C21H18NO2+. The van der Waals surface area contributed by atoms with E-state index in [1.807, 2.05) is 54.6 Å². The summed E-state index contributed by atoms with van der Waals surface area (Å²) in [5, 5.41) is 0. The number of pyridine rings is 1. The highest BCUT2D eigenvalue weighted by atomic mass is 16.1. The first-order valence-electron chi connectivity index (χ1n) is 7.82. The largest absolute Gasteiger partial charge is 0.294 e. The number of nitrogens with zero attached hydrogens (tertiary/aromatic N) is 1. The first-order valence-corrected chi connectivity index (χ1v) is 7.82. The topological polar surface area (TPSA) is 38.0 Å². The van der Waals surface area contributed by atoms with Gasteiger partial charge in [0.15, 0.2) is 18.2 Å². The Labute approximate surface area is 141 Å². The van der Waals surface area contributed by atoms with Gasteiger partial charge in [0, 0.05) is 11.6 Å². The number of hydrogen-bond donors (Lipinski definition) is 0. The van der Waals surface area contributed by atoms with Gasteiger partial charge in [-0.05, 0) is 24.1 Å². The predicted octanol–water partition coefficient (Wildman–Crippen LogP) is 3.73. The van der Waals surface area contributed by atoms with Gasteiger partial charge in [-0.3, -0.25) is 9.59 Å². The zero-order valence-corrected chi connectivity index (χ0v) is 13.5. The van der Waals surface area contributed by atoms with Crippen molar-refractivity contribution in [2.24, 2.45) is 0 Å².